The minimum Gasteiger partial charge on any atom is -0.493 e. The van der Waals surface area contributed by atoms with E-state index in [1.807, 2.05) is 60.4 Å². The van der Waals surface area contributed by atoms with Crippen LogP contribution in [0, 0.1) is 5.92 Å². The minimum atomic E-state index is -1.12. The third kappa shape index (κ3) is 3.57. The van der Waals surface area contributed by atoms with Gasteiger partial charge in [-0.15, -0.1) is 0 Å². The minimum absolute atomic E-state index is 0.200. The smallest absolute Gasteiger partial charge is 0.236 e. The van der Waals surface area contributed by atoms with Crippen molar-refractivity contribution in [3.8, 4) is 11.5 Å². The Bertz CT molecular complexity index is 1220. The molecule has 3 aromatic carbocycles. The van der Waals surface area contributed by atoms with Crippen LogP contribution >= 0.6 is 23.8 Å². The quantitative estimate of drug-likeness (QED) is 0.505. The van der Waals surface area contributed by atoms with Crippen LogP contribution in [0.25, 0.3) is 0 Å². The molecular weight excluding hydrogens is 458 g/mol. The number of fused-ring (bicyclic) bond motifs is 4. The molecule has 8 heteroatoms. The Morgan fingerprint density at radius 1 is 1.12 bits per heavy atom. The fourth-order valence-corrected chi connectivity index (χ4v) is 5.19. The summed E-state index contributed by atoms with van der Waals surface area (Å²) >= 11 is 11.8. The molecular formula is C25H22ClN3O3S. The SMILES string of the molecule is COc1cccc2c1O[C@@]1(C)[C@@H](C(=O)Nc3ccc(Cl)cc3)[C@H]2NC(=S)N1c1ccccc1. The van der Waals surface area contributed by atoms with Crippen molar-refractivity contribution in [1.29, 1.82) is 0 Å². The summed E-state index contributed by atoms with van der Waals surface area (Å²) in [5, 5.41) is 7.50. The number of halogens is 1. The molecule has 1 saturated heterocycles. The van der Waals surface area contributed by atoms with E-state index in [0.717, 1.165) is 11.3 Å². The van der Waals surface area contributed by atoms with Crippen LogP contribution in [0.2, 0.25) is 5.02 Å². The molecule has 6 nitrogen and oxygen atoms in total. The zero-order valence-electron chi connectivity index (χ0n) is 18.0. The van der Waals surface area contributed by atoms with Gasteiger partial charge in [-0.1, -0.05) is 41.9 Å². The molecule has 168 valence electrons. The van der Waals surface area contributed by atoms with E-state index in [4.69, 9.17) is 33.3 Å². The molecule has 0 radical (unpaired) electrons. The molecule has 3 atom stereocenters. The highest BCUT2D eigenvalue weighted by Gasteiger charge is 2.59. The molecule has 5 rings (SSSR count). The molecule has 33 heavy (non-hydrogen) atoms. The second-order valence-electron chi connectivity index (χ2n) is 8.11. The number of rotatable bonds is 4. The van der Waals surface area contributed by atoms with Crippen LogP contribution in [0.15, 0.2) is 72.8 Å². The van der Waals surface area contributed by atoms with Gasteiger partial charge in [-0.05, 0) is 61.6 Å². The lowest BCUT2D eigenvalue weighted by atomic mass is 9.78. The summed E-state index contributed by atoms with van der Waals surface area (Å²) in [7, 11) is 1.60. The lowest BCUT2D eigenvalue weighted by Gasteiger charge is -2.56. The van der Waals surface area contributed by atoms with Crippen molar-refractivity contribution in [2.45, 2.75) is 18.7 Å². The van der Waals surface area contributed by atoms with Crippen molar-refractivity contribution in [3.63, 3.8) is 0 Å². The molecule has 2 aliphatic rings. The predicted octanol–water partition coefficient (Wildman–Crippen LogP) is 5.15. The highest BCUT2D eigenvalue weighted by molar-refractivity contribution is 7.80. The number of carbonyl (C=O) groups excluding carboxylic acids is 1. The van der Waals surface area contributed by atoms with Crippen molar-refractivity contribution >= 4 is 46.2 Å². The fraction of sp³-hybridized carbons (Fsp3) is 0.200. The van der Waals surface area contributed by atoms with E-state index < -0.39 is 17.7 Å². The average molecular weight is 480 g/mol. The van der Waals surface area contributed by atoms with Crippen molar-refractivity contribution in [2.75, 3.05) is 17.3 Å². The normalized spacial score (nSPS) is 23.1. The molecule has 1 fully saturated rings. The van der Waals surface area contributed by atoms with Gasteiger partial charge in [-0.3, -0.25) is 9.69 Å². The molecule has 2 aliphatic heterocycles. The Morgan fingerprint density at radius 3 is 2.55 bits per heavy atom. The number of hydrogen-bond acceptors (Lipinski definition) is 4. The van der Waals surface area contributed by atoms with Crippen LogP contribution in [-0.4, -0.2) is 23.9 Å². The maximum Gasteiger partial charge on any atom is 0.236 e. The number of nitrogens with zero attached hydrogens (tertiary/aromatic N) is 1. The number of amides is 1. The first-order valence-electron chi connectivity index (χ1n) is 10.5. The summed E-state index contributed by atoms with van der Waals surface area (Å²) in [5.74, 6) is 0.357. The molecule has 0 unspecified atom stereocenters. The second kappa shape index (κ2) is 8.24. The maximum atomic E-state index is 13.8. The summed E-state index contributed by atoms with van der Waals surface area (Å²) in [6, 6.07) is 21.9. The van der Waals surface area contributed by atoms with Crippen LogP contribution in [0.4, 0.5) is 11.4 Å². The first kappa shape index (κ1) is 21.6. The first-order chi connectivity index (χ1) is 15.9. The Kier molecular flexibility index (Phi) is 5.38. The number of benzene rings is 3. The van der Waals surface area contributed by atoms with E-state index in [9.17, 15) is 4.79 Å². The van der Waals surface area contributed by atoms with Gasteiger partial charge in [0.1, 0.15) is 5.92 Å². The summed E-state index contributed by atoms with van der Waals surface area (Å²) in [5.41, 5.74) is 1.17. The standard InChI is InChI=1S/C25H22ClN3O3S/c1-25-20(23(30)27-16-13-11-15(26)12-14-16)21(18-9-6-10-19(31-2)22(18)32-25)28-24(33)29(25)17-7-4-3-5-8-17/h3-14,20-21H,1-2H3,(H,27,30)(H,28,33)/t20-,21+,25+/m1/s1. The second-order valence-corrected chi connectivity index (χ2v) is 8.93. The largest absolute Gasteiger partial charge is 0.493 e. The van der Waals surface area contributed by atoms with E-state index in [-0.39, 0.29) is 5.91 Å². The highest BCUT2D eigenvalue weighted by atomic mass is 35.5. The van der Waals surface area contributed by atoms with E-state index >= 15 is 0 Å². The number of methoxy groups -OCH3 is 1. The average Bonchev–Trinajstić information content (AvgIpc) is 2.80. The molecule has 0 saturated carbocycles. The third-order valence-corrected chi connectivity index (χ3v) is 6.67. The summed E-state index contributed by atoms with van der Waals surface area (Å²) in [6.07, 6.45) is 0. The Balaban J connectivity index is 1.64. The van der Waals surface area contributed by atoms with E-state index in [0.29, 0.717) is 27.3 Å². The molecule has 3 aromatic rings. The van der Waals surface area contributed by atoms with Gasteiger partial charge in [0.25, 0.3) is 0 Å². The van der Waals surface area contributed by atoms with Gasteiger partial charge < -0.3 is 20.1 Å². The number of anilines is 2. The highest BCUT2D eigenvalue weighted by Crippen LogP contribution is 2.52. The molecule has 0 aliphatic carbocycles. The fourth-order valence-electron chi connectivity index (χ4n) is 4.65. The van der Waals surface area contributed by atoms with Gasteiger partial charge in [0.2, 0.25) is 5.91 Å². The summed E-state index contributed by atoms with van der Waals surface area (Å²) in [6.45, 7) is 1.89. The number of nitrogens with one attached hydrogen (secondary N) is 2. The molecule has 0 spiro atoms. The number of carbonyl (C=O) groups is 1. The molecule has 2 bridgehead atoms. The molecule has 0 aromatic heterocycles. The first-order valence-corrected chi connectivity index (χ1v) is 11.3. The van der Waals surface area contributed by atoms with Crippen molar-refractivity contribution < 1.29 is 14.3 Å². The number of hydrogen-bond donors (Lipinski definition) is 2. The third-order valence-electron chi connectivity index (χ3n) is 6.12. The maximum absolute atomic E-state index is 13.8. The zero-order chi connectivity index (χ0) is 23.2. The summed E-state index contributed by atoms with van der Waals surface area (Å²) in [4.78, 5) is 15.6. The predicted molar refractivity (Wildman–Crippen MR) is 133 cm³/mol. The topological polar surface area (TPSA) is 62.8 Å². The van der Waals surface area contributed by atoms with Gasteiger partial charge in [0.05, 0.1) is 13.2 Å². The lowest BCUT2D eigenvalue weighted by Crippen LogP contribution is -2.72. The van der Waals surface area contributed by atoms with Crippen molar-refractivity contribution in [1.82, 2.24) is 5.32 Å². The van der Waals surface area contributed by atoms with Gasteiger partial charge in [0.15, 0.2) is 22.3 Å². The Morgan fingerprint density at radius 2 is 1.85 bits per heavy atom. The van der Waals surface area contributed by atoms with Crippen LogP contribution in [0.3, 0.4) is 0 Å². The van der Waals surface area contributed by atoms with E-state index in [1.165, 1.54) is 0 Å². The van der Waals surface area contributed by atoms with E-state index in [2.05, 4.69) is 10.6 Å². The van der Waals surface area contributed by atoms with Gasteiger partial charge >= 0.3 is 0 Å². The molecule has 1 amide bonds. The van der Waals surface area contributed by atoms with Crippen LogP contribution in [0.1, 0.15) is 18.5 Å². The van der Waals surface area contributed by atoms with Gasteiger partial charge in [0, 0.05) is 22.0 Å². The number of ether oxygens (including phenoxy) is 2. The van der Waals surface area contributed by atoms with Gasteiger partial charge in [-0.25, -0.2) is 0 Å². The number of thiocarbonyl (C=S) groups is 1. The van der Waals surface area contributed by atoms with Crippen LogP contribution in [0.5, 0.6) is 11.5 Å². The van der Waals surface area contributed by atoms with Crippen molar-refractivity contribution in [2.24, 2.45) is 5.92 Å². The van der Waals surface area contributed by atoms with Crippen LogP contribution in [-0.2, 0) is 4.79 Å². The van der Waals surface area contributed by atoms with E-state index in [1.54, 1.807) is 31.4 Å². The zero-order valence-corrected chi connectivity index (χ0v) is 19.6. The molecule has 2 heterocycles. The Labute approximate surface area is 202 Å². The Hall–Kier alpha value is -3.29. The lowest BCUT2D eigenvalue weighted by molar-refractivity contribution is -0.130. The summed E-state index contributed by atoms with van der Waals surface area (Å²) < 4.78 is 12.2. The number of para-hydroxylation sites is 2. The van der Waals surface area contributed by atoms with Crippen LogP contribution < -0.4 is 25.0 Å². The van der Waals surface area contributed by atoms with Crippen molar-refractivity contribution in [3.05, 3.63) is 83.4 Å². The molecule has 2 N–H and O–H groups in total. The van der Waals surface area contributed by atoms with Gasteiger partial charge in [-0.2, -0.15) is 0 Å². The monoisotopic (exact) mass is 479 g/mol.